The number of hydrogen-bond acceptors (Lipinski definition) is 5. The molecule has 1 aromatic heterocycles. The molecule has 206 valence electrons. The van der Waals surface area contributed by atoms with Gasteiger partial charge >= 0.3 is 29.6 Å². The predicted molar refractivity (Wildman–Crippen MR) is 164 cm³/mol. The number of halogens is 1. The number of pyridine rings is 1. The van der Waals surface area contributed by atoms with E-state index in [9.17, 15) is 15.0 Å². The molecular weight excluding hydrogens is 561 g/mol. The summed E-state index contributed by atoms with van der Waals surface area (Å²) in [5, 5.41) is 24.3. The Morgan fingerprint density at radius 3 is 2.56 bits per heavy atom. The summed E-state index contributed by atoms with van der Waals surface area (Å²) in [4.78, 5) is 16.5. The molecule has 0 bridgehead atoms. The fourth-order valence-corrected chi connectivity index (χ4v) is 6.75. The fourth-order valence-electron chi connectivity index (χ4n) is 5.03. The van der Waals surface area contributed by atoms with Crippen molar-refractivity contribution in [3.8, 4) is 0 Å². The largest absolute Gasteiger partial charge is 1.00 e. The molecular formula is C34H33ClNNaO3S. The molecule has 3 aromatic carbocycles. The van der Waals surface area contributed by atoms with Crippen molar-refractivity contribution >= 4 is 52.4 Å². The van der Waals surface area contributed by atoms with Crippen molar-refractivity contribution in [2.24, 2.45) is 5.41 Å². The maximum atomic E-state index is 11.8. The zero-order valence-electron chi connectivity index (χ0n) is 23.8. The van der Waals surface area contributed by atoms with Gasteiger partial charge in [0.25, 0.3) is 0 Å². The molecule has 4 aromatic rings. The molecule has 1 aliphatic carbocycles. The van der Waals surface area contributed by atoms with E-state index in [-0.39, 0.29) is 34.8 Å². The van der Waals surface area contributed by atoms with Crippen molar-refractivity contribution < 1.29 is 44.6 Å². The molecule has 1 heterocycles. The second-order valence-electron chi connectivity index (χ2n) is 11.2. The Hall–Kier alpha value is -2.12. The van der Waals surface area contributed by atoms with Gasteiger partial charge in [-0.1, -0.05) is 78.3 Å². The van der Waals surface area contributed by atoms with Crippen molar-refractivity contribution in [1.82, 2.24) is 4.98 Å². The summed E-state index contributed by atoms with van der Waals surface area (Å²) in [6.45, 7) is 3.62. The average molecular weight is 594 g/mol. The third-order valence-corrected chi connectivity index (χ3v) is 9.47. The number of thioether (sulfide) groups is 1. The Balaban J connectivity index is 0.00000387. The van der Waals surface area contributed by atoms with Crippen LogP contribution >= 0.6 is 23.4 Å². The molecule has 1 fully saturated rings. The first-order valence-electron chi connectivity index (χ1n) is 13.6. The number of carboxylic acids is 1. The van der Waals surface area contributed by atoms with Gasteiger partial charge in [0.1, 0.15) is 0 Å². The van der Waals surface area contributed by atoms with Gasteiger partial charge in [0.2, 0.25) is 0 Å². The first-order valence-corrected chi connectivity index (χ1v) is 15.0. The second-order valence-corrected chi connectivity index (χ2v) is 12.8. The number of aliphatic hydroxyl groups is 1. The van der Waals surface area contributed by atoms with E-state index in [0.29, 0.717) is 23.6 Å². The smallest absolute Gasteiger partial charge is 0.550 e. The molecule has 7 heteroatoms. The van der Waals surface area contributed by atoms with Gasteiger partial charge in [0, 0.05) is 32.8 Å². The topological polar surface area (TPSA) is 73.2 Å². The van der Waals surface area contributed by atoms with Crippen LogP contribution in [-0.4, -0.2) is 21.8 Å². The molecule has 0 amide bonds. The summed E-state index contributed by atoms with van der Waals surface area (Å²) in [5.41, 5.74) is 4.31. The second kappa shape index (κ2) is 13.5. The van der Waals surface area contributed by atoms with Crippen molar-refractivity contribution in [2.75, 3.05) is 5.75 Å². The van der Waals surface area contributed by atoms with Crippen LogP contribution in [0.25, 0.3) is 23.1 Å². The Labute approximate surface area is 273 Å². The number of nitrogens with zero attached hydrogens (tertiary/aromatic N) is 1. The molecule has 1 aliphatic rings. The molecule has 0 aliphatic heterocycles. The minimum Gasteiger partial charge on any atom is -0.550 e. The molecule has 0 radical (unpaired) electrons. The van der Waals surface area contributed by atoms with Crippen LogP contribution in [0.15, 0.2) is 78.9 Å². The zero-order valence-corrected chi connectivity index (χ0v) is 27.3. The summed E-state index contributed by atoms with van der Waals surface area (Å²) in [7, 11) is 0. The Morgan fingerprint density at radius 1 is 1.07 bits per heavy atom. The van der Waals surface area contributed by atoms with Crippen LogP contribution in [0.1, 0.15) is 66.3 Å². The standard InChI is InChI=1S/C34H34ClNO3S.Na/c1-33(2,39)29-9-4-3-7-24(29)13-17-31(40-22-34(18-19-34)32(37)38)26-8-5-6-23(20-26)10-15-28-16-12-25-11-14-27(35)21-30(25)36-28;/h3-12,14-16,20-21,31,39H,13,17-19,22H2,1-2H3,(H,37,38);/q;+1/p-1. The van der Waals surface area contributed by atoms with Gasteiger partial charge < -0.3 is 15.0 Å². The molecule has 41 heavy (non-hydrogen) atoms. The summed E-state index contributed by atoms with van der Waals surface area (Å²) in [5.74, 6) is -0.400. The van der Waals surface area contributed by atoms with Crippen LogP contribution < -0.4 is 34.7 Å². The van der Waals surface area contributed by atoms with Crippen molar-refractivity contribution in [3.05, 3.63) is 112 Å². The van der Waals surface area contributed by atoms with Crippen LogP contribution in [-0.2, 0) is 16.8 Å². The number of benzene rings is 3. The third-order valence-electron chi connectivity index (χ3n) is 7.60. The average Bonchev–Trinajstić information content (AvgIpc) is 3.73. The van der Waals surface area contributed by atoms with E-state index in [1.807, 2.05) is 74.5 Å². The van der Waals surface area contributed by atoms with E-state index < -0.39 is 17.0 Å². The minimum absolute atomic E-state index is 0. The number of fused-ring (bicyclic) bond motifs is 1. The van der Waals surface area contributed by atoms with Crippen molar-refractivity contribution in [1.29, 1.82) is 0 Å². The maximum absolute atomic E-state index is 11.8. The summed E-state index contributed by atoms with van der Waals surface area (Å²) in [6, 6.07) is 26.1. The molecule has 0 spiro atoms. The normalized spacial score (nSPS) is 15.0. The maximum Gasteiger partial charge on any atom is 1.00 e. The monoisotopic (exact) mass is 593 g/mol. The van der Waals surface area contributed by atoms with Crippen LogP contribution in [0.3, 0.4) is 0 Å². The summed E-state index contributed by atoms with van der Waals surface area (Å²) in [6.07, 6.45) is 7.01. The number of aromatic nitrogens is 1. The molecule has 4 nitrogen and oxygen atoms in total. The molecule has 1 unspecified atom stereocenters. The third kappa shape index (κ3) is 8.04. The van der Waals surface area contributed by atoms with Crippen LogP contribution in [0, 0.1) is 5.41 Å². The van der Waals surface area contributed by atoms with Crippen LogP contribution in [0.2, 0.25) is 5.02 Å². The fraction of sp³-hybridized carbons (Fsp3) is 0.294. The first kappa shape index (κ1) is 31.8. The van der Waals surface area contributed by atoms with Crippen LogP contribution in [0.4, 0.5) is 0 Å². The number of aliphatic carboxylic acids is 1. The molecule has 1 atom stereocenters. The molecule has 1 saturated carbocycles. The molecule has 0 saturated heterocycles. The van der Waals surface area contributed by atoms with Crippen molar-refractivity contribution in [3.63, 3.8) is 0 Å². The van der Waals surface area contributed by atoms with E-state index >= 15 is 0 Å². The number of hydrogen-bond donors (Lipinski definition) is 1. The summed E-state index contributed by atoms with van der Waals surface area (Å²) >= 11 is 7.85. The SMILES string of the molecule is CC(C)(O)c1ccccc1CCC(SCC1(C(=O)[O-])CC1)c1cccc(C=Cc2ccc3ccc(Cl)cc3n2)c1.[Na+]. The first-order chi connectivity index (χ1) is 19.1. The Kier molecular flexibility index (Phi) is 10.4. The number of rotatable bonds is 11. The summed E-state index contributed by atoms with van der Waals surface area (Å²) < 4.78 is 0. The quantitative estimate of drug-likeness (QED) is 0.264. The molecule has 1 N–H and O–H groups in total. The Morgan fingerprint density at radius 2 is 1.83 bits per heavy atom. The van der Waals surface area contributed by atoms with E-state index in [1.54, 1.807) is 11.8 Å². The van der Waals surface area contributed by atoms with Gasteiger partial charge in [-0.15, -0.1) is 0 Å². The van der Waals surface area contributed by atoms with Crippen molar-refractivity contribution in [2.45, 2.75) is 50.4 Å². The zero-order chi connectivity index (χ0) is 28.3. The molecule has 5 rings (SSSR count). The van der Waals surface area contributed by atoms with E-state index in [4.69, 9.17) is 16.6 Å². The van der Waals surface area contributed by atoms with Gasteiger partial charge in [-0.05, 0) is 86.1 Å². The van der Waals surface area contributed by atoms with E-state index in [1.165, 1.54) is 0 Å². The predicted octanol–water partition coefficient (Wildman–Crippen LogP) is 4.23. The van der Waals surface area contributed by atoms with Crippen LogP contribution in [0.5, 0.6) is 0 Å². The number of carbonyl (C=O) groups is 1. The Bertz CT molecular complexity index is 1560. The van der Waals surface area contributed by atoms with Gasteiger partial charge in [0.15, 0.2) is 0 Å². The number of carbonyl (C=O) groups excluding carboxylic acids is 1. The van der Waals surface area contributed by atoms with Gasteiger partial charge in [0.05, 0.1) is 16.8 Å². The van der Waals surface area contributed by atoms with Gasteiger partial charge in [-0.3, -0.25) is 0 Å². The number of aryl methyl sites for hydroxylation is 1. The van der Waals surface area contributed by atoms with E-state index in [0.717, 1.165) is 51.7 Å². The van der Waals surface area contributed by atoms with E-state index in [2.05, 4.69) is 30.3 Å². The minimum atomic E-state index is -0.938. The van der Waals surface area contributed by atoms with Gasteiger partial charge in [-0.25, -0.2) is 4.98 Å². The number of carboxylic acid groups (broad SMARTS) is 1. The van der Waals surface area contributed by atoms with Gasteiger partial charge in [-0.2, -0.15) is 11.8 Å².